The van der Waals surface area contributed by atoms with Crippen LogP contribution in [0.4, 0.5) is 9.18 Å². The Balaban J connectivity index is 1.87. The molecule has 1 aliphatic heterocycles. The monoisotopic (exact) mass is 303 g/mol. The summed E-state index contributed by atoms with van der Waals surface area (Å²) in [5.74, 6) is 0.372. The van der Waals surface area contributed by atoms with Gasteiger partial charge in [0.1, 0.15) is 17.3 Å². The first-order valence-corrected chi connectivity index (χ1v) is 6.93. The molecule has 2 heterocycles. The fourth-order valence-electron chi connectivity index (χ4n) is 1.87. The first-order valence-electron chi connectivity index (χ1n) is 6.12. The smallest absolute Gasteiger partial charge is 0.293 e. The third-order valence-corrected chi connectivity index (χ3v) is 3.98. The highest BCUT2D eigenvalue weighted by Crippen LogP contribution is 2.32. The third-order valence-electron chi connectivity index (χ3n) is 3.02. The van der Waals surface area contributed by atoms with Gasteiger partial charge >= 0.3 is 0 Å². The van der Waals surface area contributed by atoms with Crippen molar-refractivity contribution in [3.8, 4) is 11.3 Å². The van der Waals surface area contributed by atoms with Crippen molar-refractivity contribution in [2.24, 2.45) is 0 Å². The SMILES string of the molecule is CN1C(=O)S/C(=C/c2ccc(-c3ccc(F)cc3)o2)C1=O. The molecule has 1 saturated heterocycles. The Morgan fingerprint density at radius 1 is 1.14 bits per heavy atom. The van der Waals surface area contributed by atoms with E-state index in [9.17, 15) is 14.0 Å². The average Bonchev–Trinajstić information content (AvgIpc) is 3.02. The maximum Gasteiger partial charge on any atom is 0.293 e. The summed E-state index contributed by atoms with van der Waals surface area (Å²) in [6, 6.07) is 9.34. The number of furan rings is 1. The van der Waals surface area contributed by atoms with Crippen LogP contribution in [0.15, 0.2) is 45.7 Å². The summed E-state index contributed by atoms with van der Waals surface area (Å²) < 4.78 is 18.5. The van der Waals surface area contributed by atoms with E-state index in [1.165, 1.54) is 25.3 Å². The molecule has 0 bridgehead atoms. The number of hydrogen-bond donors (Lipinski definition) is 0. The zero-order chi connectivity index (χ0) is 15.0. The number of rotatable bonds is 2. The van der Waals surface area contributed by atoms with E-state index in [1.54, 1.807) is 24.3 Å². The Labute approximate surface area is 124 Å². The van der Waals surface area contributed by atoms with Crippen LogP contribution in [0.5, 0.6) is 0 Å². The Bertz CT molecular complexity index is 749. The summed E-state index contributed by atoms with van der Waals surface area (Å²) >= 11 is 0.873. The van der Waals surface area contributed by atoms with Gasteiger partial charge in [0.2, 0.25) is 0 Å². The minimum Gasteiger partial charge on any atom is -0.457 e. The fraction of sp³-hybridized carbons (Fsp3) is 0.0667. The molecule has 6 heteroatoms. The van der Waals surface area contributed by atoms with Gasteiger partial charge in [-0.1, -0.05) is 0 Å². The standard InChI is InChI=1S/C15H10FNO3S/c1-17-14(18)13(21-15(17)19)8-11-6-7-12(20-11)9-2-4-10(16)5-3-9/h2-8H,1H3/b13-8+. The van der Waals surface area contributed by atoms with Crippen LogP contribution in [-0.4, -0.2) is 23.1 Å². The second-order valence-corrected chi connectivity index (χ2v) is 5.44. The van der Waals surface area contributed by atoms with Gasteiger partial charge in [0.15, 0.2) is 0 Å². The Morgan fingerprint density at radius 2 is 1.86 bits per heavy atom. The summed E-state index contributed by atoms with van der Waals surface area (Å²) in [6.07, 6.45) is 1.53. The van der Waals surface area contributed by atoms with Crippen molar-refractivity contribution in [3.63, 3.8) is 0 Å². The molecule has 0 spiro atoms. The lowest BCUT2D eigenvalue weighted by molar-refractivity contribution is -0.121. The molecule has 0 N–H and O–H groups in total. The van der Waals surface area contributed by atoms with Crippen molar-refractivity contribution >= 4 is 29.0 Å². The highest BCUT2D eigenvalue weighted by Gasteiger charge is 2.32. The van der Waals surface area contributed by atoms with Gasteiger partial charge in [0, 0.05) is 18.7 Å². The number of carbonyl (C=O) groups excluding carboxylic acids is 2. The molecule has 0 aliphatic carbocycles. The van der Waals surface area contributed by atoms with Crippen LogP contribution in [0.3, 0.4) is 0 Å². The van der Waals surface area contributed by atoms with E-state index in [0.717, 1.165) is 22.2 Å². The molecule has 1 aromatic heterocycles. The lowest BCUT2D eigenvalue weighted by Gasteiger charge is -2.00. The summed E-state index contributed by atoms with van der Waals surface area (Å²) in [6.45, 7) is 0. The topological polar surface area (TPSA) is 50.5 Å². The van der Waals surface area contributed by atoms with Crippen LogP contribution in [0.1, 0.15) is 5.76 Å². The molecule has 1 fully saturated rings. The number of carbonyl (C=O) groups is 2. The second-order valence-electron chi connectivity index (χ2n) is 4.45. The van der Waals surface area contributed by atoms with Crippen LogP contribution in [0, 0.1) is 5.82 Å². The normalized spacial score (nSPS) is 17.0. The fourth-order valence-corrected chi connectivity index (χ4v) is 2.68. The Hall–Kier alpha value is -2.34. The van der Waals surface area contributed by atoms with Crippen LogP contribution in [0.2, 0.25) is 0 Å². The molecule has 1 aromatic carbocycles. The maximum atomic E-state index is 12.9. The van der Waals surface area contributed by atoms with E-state index in [4.69, 9.17) is 4.42 Å². The van der Waals surface area contributed by atoms with E-state index < -0.39 is 0 Å². The predicted molar refractivity (Wildman–Crippen MR) is 77.8 cm³/mol. The molecule has 2 aromatic rings. The van der Waals surface area contributed by atoms with Crippen LogP contribution in [-0.2, 0) is 4.79 Å². The summed E-state index contributed by atoms with van der Waals surface area (Å²) in [7, 11) is 1.44. The molecule has 0 unspecified atom stereocenters. The van der Waals surface area contributed by atoms with Crippen molar-refractivity contribution in [2.45, 2.75) is 0 Å². The number of benzene rings is 1. The van der Waals surface area contributed by atoms with Crippen LogP contribution >= 0.6 is 11.8 Å². The van der Waals surface area contributed by atoms with Crippen LogP contribution in [0.25, 0.3) is 17.4 Å². The average molecular weight is 303 g/mol. The third kappa shape index (κ3) is 2.62. The second kappa shape index (κ2) is 5.21. The summed E-state index contributed by atoms with van der Waals surface area (Å²) in [4.78, 5) is 24.5. The molecule has 0 saturated carbocycles. The van der Waals surface area contributed by atoms with Crippen molar-refractivity contribution in [1.29, 1.82) is 0 Å². The van der Waals surface area contributed by atoms with Gasteiger partial charge in [-0.2, -0.15) is 0 Å². The van der Waals surface area contributed by atoms with Crippen molar-refractivity contribution in [1.82, 2.24) is 4.90 Å². The molecule has 4 nitrogen and oxygen atoms in total. The minimum absolute atomic E-state index is 0.309. The zero-order valence-corrected chi connectivity index (χ0v) is 11.8. The molecular formula is C15H10FNO3S. The largest absolute Gasteiger partial charge is 0.457 e. The van der Waals surface area contributed by atoms with E-state index in [1.807, 2.05) is 0 Å². The van der Waals surface area contributed by atoms with E-state index in [0.29, 0.717) is 16.4 Å². The van der Waals surface area contributed by atoms with Gasteiger partial charge < -0.3 is 4.42 Å². The molecule has 21 heavy (non-hydrogen) atoms. The number of likely N-dealkylation sites (N-methyl/N-ethyl adjacent to an activating group) is 1. The number of hydrogen-bond acceptors (Lipinski definition) is 4. The molecule has 3 rings (SSSR count). The van der Waals surface area contributed by atoms with Crippen molar-refractivity contribution < 1.29 is 18.4 Å². The summed E-state index contributed by atoms with van der Waals surface area (Å²) in [5.41, 5.74) is 0.736. The Morgan fingerprint density at radius 3 is 2.48 bits per heavy atom. The molecule has 106 valence electrons. The highest BCUT2D eigenvalue weighted by atomic mass is 32.2. The van der Waals surface area contributed by atoms with Gasteiger partial charge in [0.05, 0.1) is 4.91 Å². The summed E-state index contributed by atoms with van der Waals surface area (Å²) in [5, 5.41) is -0.309. The van der Waals surface area contributed by atoms with E-state index in [2.05, 4.69) is 0 Å². The number of thioether (sulfide) groups is 1. The Kier molecular flexibility index (Phi) is 3.39. The van der Waals surface area contributed by atoms with Gasteiger partial charge in [-0.15, -0.1) is 0 Å². The molecule has 2 amide bonds. The van der Waals surface area contributed by atoms with Crippen molar-refractivity contribution in [2.75, 3.05) is 7.05 Å². The lowest BCUT2D eigenvalue weighted by Crippen LogP contribution is -2.22. The van der Waals surface area contributed by atoms with Gasteiger partial charge in [0.25, 0.3) is 11.1 Å². The number of nitrogens with zero attached hydrogens (tertiary/aromatic N) is 1. The quantitative estimate of drug-likeness (QED) is 0.793. The van der Waals surface area contributed by atoms with Gasteiger partial charge in [-0.05, 0) is 48.2 Å². The molecule has 0 radical (unpaired) electrons. The zero-order valence-electron chi connectivity index (χ0n) is 11.0. The predicted octanol–water partition coefficient (Wildman–Crippen LogP) is 3.75. The van der Waals surface area contributed by atoms with Crippen LogP contribution < -0.4 is 0 Å². The molecular weight excluding hydrogens is 293 g/mol. The molecule has 1 aliphatic rings. The number of halogens is 1. The molecule has 0 atom stereocenters. The van der Waals surface area contributed by atoms with Gasteiger partial charge in [-0.3, -0.25) is 14.5 Å². The minimum atomic E-state index is -0.343. The van der Waals surface area contributed by atoms with E-state index in [-0.39, 0.29) is 17.0 Å². The highest BCUT2D eigenvalue weighted by molar-refractivity contribution is 8.18. The van der Waals surface area contributed by atoms with Gasteiger partial charge in [-0.25, -0.2) is 4.39 Å². The van der Waals surface area contributed by atoms with E-state index >= 15 is 0 Å². The number of amides is 2. The first kappa shape index (κ1) is 13.6. The first-order chi connectivity index (χ1) is 10.0. The maximum absolute atomic E-state index is 12.9. The van der Waals surface area contributed by atoms with Crippen molar-refractivity contribution in [3.05, 3.63) is 52.9 Å². The lowest BCUT2D eigenvalue weighted by atomic mass is 10.2. The number of imide groups is 1.